The molecule has 0 aliphatic rings. The molecule has 1 rings (SSSR count). The molecule has 0 aliphatic heterocycles. The second-order valence-corrected chi connectivity index (χ2v) is 2.85. The molecule has 1 aromatic carbocycles. The lowest BCUT2D eigenvalue weighted by molar-refractivity contribution is 1.01. The van der Waals surface area contributed by atoms with E-state index in [-0.39, 0.29) is 0 Å². The van der Waals surface area contributed by atoms with Crippen LogP contribution in [0.3, 0.4) is 0 Å². The number of hydrogen-bond acceptors (Lipinski definition) is 0. The van der Waals surface area contributed by atoms with E-state index in [9.17, 15) is 0 Å². The molecule has 0 heterocycles. The van der Waals surface area contributed by atoms with Gasteiger partial charge in [0, 0.05) is 6.42 Å². The predicted octanol–water partition coefficient (Wildman–Crippen LogP) is 2.95. The molecular formula is C12H14. The quantitative estimate of drug-likeness (QED) is 0.580. The molecule has 0 bridgehead atoms. The molecular weight excluding hydrogens is 144 g/mol. The van der Waals surface area contributed by atoms with Crippen molar-refractivity contribution < 1.29 is 0 Å². The summed E-state index contributed by atoms with van der Waals surface area (Å²) in [6.45, 7) is 4.03. The third kappa shape index (κ3) is 2.43. The Balaban J connectivity index is 2.61. The summed E-state index contributed by atoms with van der Waals surface area (Å²) in [5.41, 5.74) is 2.79. The highest BCUT2D eigenvalue weighted by atomic mass is 14.0. The van der Waals surface area contributed by atoms with Gasteiger partial charge in [-0.1, -0.05) is 24.3 Å². The van der Waals surface area contributed by atoms with Gasteiger partial charge in [0.2, 0.25) is 0 Å². The second-order valence-electron chi connectivity index (χ2n) is 2.85. The lowest BCUT2D eigenvalue weighted by atomic mass is 10.0. The summed E-state index contributed by atoms with van der Waals surface area (Å²) in [7, 11) is 0. The molecule has 0 spiro atoms. The van der Waals surface area contributed by atoms with Gasteiger partial charge in [0.1, 0.15) is 0 Å². The number of hydrogen-bond donors (Lipinski definition) is 0. The first-order valence-corrected chi connectivity index (χ1v) is 4.28. The van der Waals surface area contributed by atoms with E-state index in [1.165, 1.54) is 11.1 Å². The molecule has 1 aromatic rings. The zero-order chi connectivity index (χ0) is 8.81. The van der Waals surface area contributed by atoms with Crippen LogP contribution in [-0.2, 0) is 6.42 Å². The maximum atomic E-state index is 3.07. The van der Waals surface area contributed by atoms with E-state index in [4.69, 9.17) is 0 Å². The van der Waals surface area contributed by atoms with Crippen molar-refractivity contribution in [2.75, 3.05) is 0 Å². The minimum atomic E-state index is 0.974. The van der Waals surface area contributed by atoms with Crippen molar-refractivity contribution >= 4 is 0 Å². The fraction of sp³-hybridized carbons (Fsp3) is 0.333. The SMILES string of the molecule is CC#CCCc1ccccc1C. The van der Waals surface area contributed by atoms with Crippen LogP contribution < -0.4 is 0 Å². The van der Waals surface area contributed by atoms with Crippen LogP contribution in [0.5, 0.6) is 0 Å². The van der Waals surface area contributed by atoms with Gasteiger partial charge in [0.15, 0.2) is 0 Å². The van der Waals surface area contributed by atoms with E-state index in [0.29, 0.717) is 0 Å². The van der Waals surface area contributed by atoms with Gasteiger partial charge in [-0.3, -0.25) is 0 Å². The monoisotopic (exact) mass is 158 g/mol. The van der Waals surface area contributed by atoms with Gasteiger partial charge in [-0.2, -0.15) is 0 Å². The van der Waals surface area contributed by atoms with Crippen LogP contribution in [0.2, 0.25) is 0 Å². The van der Waals surface area contributed by atoms with Crippen LogP contribution in [0.4, 0.5) is 0 Å². The van der Waals surface area contributed by atoms with Crippen molar-refractivity contribution in [2.45, 2.75) is 26.7 Å². The van der Waals surface area contributed by atoms with Gasteiger partial charge < -0.3 is 0 Å². The largest absolute Gasteiger partial charge is 0.107 e. The number of rotatable bonds is 2. The molecule has 0 unspecified atom stereocenters. The Labute approximate surface area is 74.6 Å². The number of aryl methyl sites for hydroxylation is 2. The molecule has 12 heavy (non-hydrogen) atoms. The van der Waals surface area contributed by atoms with Gasteiger partial charge in [-0.05, 0) is 31.4 Å². The Hall–Kier alpha value is -1.22. The van der Waals surface area contributed by atoms with Crippen molar-refractivity contribution in [1.82, 2.24) is 0 Å². The van der Waals surface area contributed by atoms with E-state index in [1.807, 2.05) is 6.92 Å². The Bertz CT molecular complexity index is 299. The van der Waals surface area contributed by atoms with E-state index in [1.54, 1.807) is 0 Å². The summed E-state index contributed by atoms with van der Waals surface area (Å²) >= 11 is 0. The van der Waals surface area contributed by atoms with Crippen LogP contribution in [0, 0.1) is 18.8 Å². The Morgan fingerprint density at radius 2 is 2.00 bits per heavy atom. The molecule has 0 nitrogen and oxygen atoms in total. The molecule has 62 valence electrons. The van der Waals surface area contributed by atoms with Crippen molar-refractivity contribution in [1.29, 1.82) is 0 Å². The Kier molecular flexibility index (Phi) is 3.41. The molecule has 0 N–H and O–H groups in total. The standard InChI is InChI=1S/C12H14/c1-3-4-5-9-12-10-7-6-8-11(12)2/h6-8,10H,5,9H2,1-2H3. The Morgan fingerprint density at radius 1 is 1.25 bits per heavy atom. The average Bonchev–Trinajstić information content (AvgIpc) is 2.09. The lowest BCUT2D eigenvalue weighted by Gasteiger charge is -2.01. The molecule has 0 saturated heterocycles. The molecule has 0 amide bonds. The Morgan fingerprint density at radius 3 is 2.67 bits per heavy atom. The van der Waals surface area contributed by atoms with E-state index in [0.717, 1.165) is 12.8 Å². The molecule has 0 heteroatoms. The molecule has 0 atom stereocenters. The highest BCUT2D eigenvalue weighted by Crippen LogP contribution is 2.08. The summed E-state index contributed by atoms with van der Waals surface area (Å²) in [6, 6.07) is 8.48. The normalized spacial score (nSPS) is 8.83. The summed E-state index contributed by atoms with van der Waals surface area (Å²) < 4.78 is 0. The van der Waals surface area contributed by atoms with Crippen molar-refractivity contribution in [3.8, 4) is 11.8 Å². The summed E-state index contributed by atoms with van der Waals surface area (Å²) in [5.74, 6) is 5.98. The second kappa shape index (κ2) is 4.62. The van der Waals surface area contributed by atoms with E-state index in [2.05, 4.69) is 43.0 Å². The lowest BCUT2D eigenvalue weighted by Crippen LogP contribution is -1.87. The third-order valence-electron chi connectivity index (χ3n) is 1.96. The van der Waals surface area contributed by atoms with Crippen LogP contribution in [0.25, 0.3) is 0 Å². The topological polar surface area (TPSA) is 0 Å². The van der Waals surface area contributed by atoms with Gasteiger partial charge in [0.05, 0.1) is 0 Å². The molecule has 0 saturated carbocycles. The first-order chi connectivity index (χ1) is 5.84. The fourth-order valence-electron chi connectivity index (χ4n) is 1.21. The zero-order valence-electron chi connectivity index (χ0n) is 7.72. The minimum Gasteiger partial charge on any atom is -0.107 e. The zero-order valence-corrected chi connectivity index (χ0v) is 7.72. The van der Waals surface area contributed by atoms with Gasteiger partial charge >= 0.3 is 0 Å². The first-order valence-electron chi connectivity index (χ1n) is 4.28. The van der Waals surface area contributed by atoms with Gasteiger partial charge in [-0.15, -0.1) is 11.8 Å². The van der Waals surface area contributed by atoms with E-state index >= 15 is 0 Å². The van der Waals surface area contributed by atoms with Crippen molar-refractivity contribution in [2.24, 2.45) is 0 Å². The summed E-state index contributed by atoms with van der Waals surface area (Å²) in [6.07, 6.45) is 2.05. The maximum absolute atomic E-state index is 3.07. The first kappa shape index (κ1) is 8.87. The smallest absolute Gasteiger partial charge is 0.0129 e. The maximum Gasteiger partial charge on any atom is 0.0129 e. The predicted molar refractivity (Wildman–Crippen MR) is 53.0 cm³/mol. The molecule has 0 radical (unpaired) electrons. The van der Waals surface area contributed by atoms with Crippen LogP contribution >= 0.6 is 0 Å². The highest BCUT2D eigenvalue weighted by molar-refractivity contribution is 5.26. The summed E-state index contributed by atoms with van der Waals surface area (Å²) in [5, 5.41) is 0. The van der Waals surface area contributed by atoms with Gasteiger partial charge in [-0.25, -0.2) is 0 Å². The molecule has 0 fully saturated rings. The van der Waals surface area contributed by atoms with Gasteiger partial charge in [0.25, 0.3) is 0 Å². The summed E-state index contributed by atoms with van der Waals surface area (Å²) in [4.78, 5) is 0. The highest BCUT2D eigenvalue weighted by Gasteiger charge is 1.93. The fourth-order valence-corrected chi connectivity index (χ4v) is 1.21. The molecule has 0 aromatic heterocycles. The van der Waals surface area contributed by atoms with Crippen molar-refractivity contribution in [3.63, 3.8) is 0 Å². The van der Waals surface area contributed by atoms with E-state index < -0.39 is 0 Å². The minimum absolute atomic E-state index is 0.974. The average molecular weight is 158 g/mol. The van der Waals surface area contributed by atoms with Crippen molar-refractivity contribution in [3.05, 3.63) is 35.4 Å². The molecule has 0 aliphatic carbocycles. The van der Waals surface area contributed by atoms with Crippen LogP contribution in [-0.4, -0.2) is 0 Å². The number of benzene rings is 1. The van der Waals surface area contributed by atoms with Crippen LogP contribution in [0.1, 0.15) is 24.5 Å². The third-order valence-corrected chi connectivity index (χ3v) is 1.96. The van der Waals surface area contributed by atoms with Crippen LogP contribution in [0.15, 0.2) is 24.3 Å².